The molecule has 0 N–H and O–H groups in total. The third-order valence-corrected chi connectivity index (χ3v) is 4.35. The molecule has 2 aromatic carbocycles. The fourth-order valence-electron chi connectivity index (χ4n) is 3.05. The maximum atomic E-state index is 12.3. The first-order valence-electron chi connectivity index (χ1n) is 8.07. The highest BCUT2D eigenvalue weighted by molar-refractivity contribution is 6.02. The van der Waals surface area contributed by atoms with E-state index in [1.54, 1.807) is 21.1 Å². The Balaban J connectivity index is 2.13. The number of methoxy groups -OCH3 is 2. The number of Topliss-reactive ketones (excluding diaryl/α,β-unsaturated/α-hetero) is 1. The minimum Gasteiger partial charge on any atom is -0.497 e. The molecule has 0 saturated carbocycles. The molecular weight excluding hydrogens is 314 g/mol. The third-order valence-electron chi connectivity index (χ3n) is 4.35. The van der Waals surface area contributed by atoms with Gasteiger partial charge in [0, 0.05) is 28.7 Å². The van der Waals surface area contributed by atoms with Crippen LogP contribution in [0.1, 0.15) is 23.0 Å². The predicted molar refractivity (Wildman–Crippen MR) is 99.1 cm³/mol. The molecule has 0 fully saturated rings. The lowest BCUT2D eigenvalue weighted by Crippen LogP contribution is -1.99. The smallest absolute Gasteiger partial charge is 0.162 e. The molecular formula is C21H21NO3. The van der Waals surface area contributed by atoms with Crippen LogP contribution in [-0.4, -0.2) is 24.6 Å². The summed E-state index contributed by atoms with van der Waals surface area (Å²) in [4.78, 5) is 12.3. The summed E-state index contributed by atoms with van der Waals surface area (Å²) in [6.45, 7) is 3.57. The zero-order valence-electron chi connectivity index (χ0n) is 14.9. The van der Waals surface area contributed by atoms with E-state index in [0.717, 1.165) is 39.6 Å². The van der Waals surface area contributed by atoms with Crippen LogP contribution in [0.3, 0.4) is 0 Å². The van der Waals surface area contributed by atoms with E-state index in [0.29, 0.717) is 0 Å². The van der Waals surface area contributed by atoms with Gasteiger partial charge in [-0.1, -0.05) is 12.1 Å². The molecule has 0 aliphatic heterocycles. The third kappa shape index (κ3) is 3.15. The molecule has 128 valence electrons. The van der Waals surface area contributed by atoms with Crippen LogP contribution in [-0.2, 0) is 0 Å². The van der Waals surface area contributed by atoms with Crippen LogP contribution < -0.4 is 9.47 Å². The van der Waals surface area contributed by atoms with Crippen molar-refractivity contribution in [2.24, 2.45) is 0 Å². The van der Waals surface area contributed by atoms with Crippen molar-refractivity contribution in [1.82, 2.24) is 4.57 Å². The molecule has 25 heavy (non-hydrogen) atoms. The van der Waals surface area contributed by atoms with Crippen molar-refractivity contribution in [3.63, 3.8) is 0 Å². The van der Waals surface area contributed by atoms with Crippen molar-refractivity contribution >= 4 is 5.78 Å². The fraction of sp³-hybridized carbons (Fsp3) is 0.190. The summed E-state index contributed by atoms with van der Waals surface area (Å²) in [5, 5.41) is 0. The normalized spacial score (nSPS) is 10.6. The molecule has 3 rings (SSSR count). The second-order valence-corrected chi connectivity index (χ2v) is 5.86. The fourth-order valence-corrected chi connectivity index (χ4v) is 3.05. The van der Waals surface area contributed by atoms with E-state index < -0.39 is 0 Å². The van der Waals surface area contributed by atoms with Gasteiger partial charge in [0.2, 0.25) is 0 Å². The highest BCUT2D eigenvalue weighted by Crippen LogP contribution is 2.32. The second kappa shape index (κ2) is 6.85. The maximum Gasteiger partial charge on any atom is 0.162 e. The summed E-state index contributed by atoms with van der Waals surface area (Å²) in [5.74, 6) is 1.64. The molecule has 3 aromatic rings. The molecule has 4 heteroatoms. The number of nitrogens with zero attached hydrogens (tertiary/aromatic N) is 1. The van der Waals surface area contributed by atoms with Crippen LogP contribution in [0.15, 0.2) is 54.7 Å². The Morgan fingerprint density at radius 1 is 0.880 bits per heavy atom. The van der Waals surface area contributed by atoms with E-state index in [-0.39, 0.29) is 5.78 Å². The molecule has 0 aliphatic carbocycles. The molecule has 0 bridgehead atoms. The Labute approximate surface area is 147 Å². The Bertz CT molecular complexity index is 890. The largest absolute Gasteiger partial charge is 0.497 e. The van der Waals surface area contributed by atoms with Crippen LogP contribution in [0.4, 0.5) is 0 Å². The van der Waals surface area contributed by atoms with Crippen LogP contribution in [0.2, 0.25) is 0 Å². The molecule has 1 heterocycles. The summed E-state index contributed by atoms with van der Waals surface area (Å²) in [5.41, 5.74) is 4.55. The lowest BCUT2D eigenvalue weighted by Gasteiger charge is -2.07. The molecule has 0 saturated heterocycles. The minimum atomic E-state index is 0.0515. The zero-order chi connectivity index (χ0) is 18.0. The SMILES string of the molecule is COc1ccc(-c2cn(-c3ccc(OC)cc3)c(C)c2C(C)=O)cc1. The van der Waals surface area contributed by atoms with E-state index in [2.05, 4.69) is 0 Å². The van der Waals surface area contributed by atoms with Crippen LogP contribution >= 0.6 is 0 Å². The van der Waals surface area contributed by atoms with Gasteiger partial charge in [0.15, 0.2) is 5.78 Å². The molecule has 0 unspecified atom stereocenters. The standard InChI is InChI=1S/C21H21NO3/c1-14-21(15(2)23)20(16-5-9-18(24-3)10-6-16)13-22(14)17-7-11-19(25-4)12-8-17/h5-13H,1-4H3. The van der Waals surface area contributed by atoms with E-state index in [1.165, 1.54) is 0 Å². The average molecular weight is 335 g/mol. The van der Waals surface area contributed by atoms with Crippen molar-refractivity contribution in [1.29, 1.82) is 0 Å². The molecule has 1 aromatic heterocycles. The van der Waals surface area contributed by atoms with E-state index in [4.69, 9.17) is 9.47 Å². The minimum absolute atomic E-state index is 0.0515. The Hall–Kier alpha value is -3.01. The molecule has 0 amide bonds. The summed E-state index contributed by atoms with van der Waals surface area (Å²) in [6, 6.07) is 15.5. The van der Waals surface area contributed by atoms with Crippen LogP contribution in [0.25, 0.3) is 16.8 Å². The number of hydrogen-bond donors (Lipinski definition) is 0. The number of ketones is 1. The first-order chi connectivity index (χ1) is 12.0. The Kier molecular flexibility index (Phi) is 4.61. The van der Waals surface area contributed by atoms with Gasteiger partial charge in [-0.25, -0.2) is 0 Å². The lowest BCUT2D eigenvalue weighted by molar-refractivity contribution is 0.101. The highest BCUT2D eigenvalue weighted by atomic mass is 16.5. The van der Waals surface area contributed by atoms with E-state index in [9.17, 15) is 4.79 Å². The van der Waals surface area contributed by atoms with Crippen molar-refractivity contribution < 1.29 is 14.3 Å². The Morgan fingerprint density at radius 3 is 1.88 bits per heavy atom. The van der Waals surface area contributed by atoms with Gasteiger partial charge in [-0.15, -0.1) is 0 Å². The molecule has 0 radical (unpaired) electrons. The Morgan fingerprint density at radius 2 is 1.40 bits per heavy atom. The number of aromatic nitrogens is 1. The van der Waals surface area contributed by atoms with Gasteiger partial charge in [-0.2, -0.15) is 0 Å². The van der Waals surface area contributed by atoms with Gasteiger partial charge in [0.1, 0.15) is 11.5 Å². The summed E-state index contributed by atoms with van der Waals surface area (Å²) in [6.07, 6.45) is 2.01. The van der Waals surface area contributed by atoms with Crippen LogP contribution in [0, 0.1) is 6.92 Å². The number of rotatable bonds is 5. The van der Waals surface area contributed by atoms with Crippen molar-refractivity contribution in [3.8, 4) is 28.3 Å². The molecule has 4 nitrogen and oxygen atoms in total. The highest BCUT2D eigenvalue weighted by Gasteiger charge is 2.18. The number of ether oxygens (including phenoxy) is 2. The number of carbonyl (C=O) groups excluding carboxylic acids is 1. The second-order valence-electron chi connectivity index (χ2n) is 5.86. The van der Waals surface area contributed by atoms with Crippen molar-refractivity contribution in [2.75, 3.05) is 14.2 Å². The number of carbonyl (C=O) groups is 1. The molecule has 0 spiro atoms. The van der Waals surface area contributed by atoms with Gasteiger partial charge in [-0.3, -0.25) is 4.79 Å². The summed E-state index contributed by atoms with van der Waals surface area (Å²) >= 11 is 0. The van der Waals surface area contributed by atoms with E-state index >= 15 is 0 Å². The average Bonchev–Trinajstić information content (AvgIpc) is 2.99. The van der Waals surface area contributed by atoms with E-state index in [1.807, 2.05) is 66.2 Å². The quantitative estimate of drug-likeness (QED) is 0.636. The van der Waals surface area contributed by atoms with Crippen LogP contribution in [0.5, 0.6) is 11.5 Å². The zero-order valence-corrected chi connectivity index (χ0v) is 14.9. The van der Waals surface area contributed by atoms with Gasteiger partial charge in [0.05, 0.1) is 14.2 Å². The summed E-state index contributed by atoms with van der Waals surface area (Å²) in [7, 11) is 3.28. The maximum absolute atomic E-state index is 12.3. The van der Waals surface area contributed by atoms with Crippen molar-refractivity contribution in [3.05, 3.63) is 66.0 Å². The molecule has 0 atom stereocenters. The van der Waals surface area contributed by atoms with Gasteiger partial charge in [0.25, 0.3) is 0 Å². The molecule has 0 aliphatic rings. The van der Waals surface area contributed by atoms with Crippen molar-refractivity contribution in [2.45, 2.75) is 13.8 Å². The lowest BCUT2D eigenvalue weighted by atomic mass is 10.0. The topological polar surface area (TPSA) is 40.5 Å². The van der Waals surface area contributed by atoms with Gasteiger partial charge in [-0.05, 0) is 55.8 Å². The van der Waals surface area contributed by atoms with Gasteiger partial charge >= 0.3 is 0 Å². The first-order valence-corrected chi connectivity index (χ1v) is 8.07. The number of benzene rings is 2. The first kappa shape index (κ1) is 16.8. The van der Waals surface area contributed by atoms with Gasteiger partial charge < -0.3 is 14.0 Å². The monoisotopic (exact) mass is 335 g/mol. The predicted octanol–water partition coefficient (Wildman–Crippen LogP) is 4.67. The number of hydrogen-bond acceptors (Lipinski definition) is 3. The summed E-state index contributed by atoms with van der Waals surface area (Å²) < 4.78 is 12.5.